The van der Waals surface area contributed by atoms with Crippen molar-refractivity contribution < 1.29 is 27.9 Å². The molecule has 0 saturated heterocycles. The van der Waals surface area contributed by atoms with E-state index in [9.17, 15) is 8.42 Å². The zero-order valence-electron chi connectivity index (χ0n) is 7.25. The van der Waals surface area contributed by atoms with Gasteiger partial charge in [0.15, 0.2) is 5.44 Å². The summed E-state index contributed by atoms with van der Waals surface area (Å²) < 4.78 is 34.3. The van der Waals surface area contributed by atoms with Crippen LogP contribution in [0.5, 0.6) is 0 Å². The van der Waals surface area contributed by atoms with E-state index in [-0.39, 0.29) is 13.0 Å². The lowest BCUT2D eigenvalue weighted by atomic mass is 10.4. The van der Waals surface area contributed by atoms with Crippen LogP contribution in [0, 0.1) is 0 Å². The molecule has 0 spiro atoms. The first-order valence-corrected chi connectivity index (χ1v) is 5.29. The van der Waals surface area contributed by atoms with Gasteiger partial charge in [0, 0.05) is 0 Å². The molecule has 0 amide bonds. The maximum atomic E-state index is 10.5. The second-order valence-electron chi connectivity index (χ2n) is 2.52. The summed E-state index contributed by atoms with van der Waals surface area (Å²) in [6.45, 7) is 0.681. The molecule has 0 aromatic carbocycles. The molecule has 3 N–H and O–H groups in total. The van der Waals surface area contributed by atoms with Gasteiger partial charge in [-0.15, -0.1) is 0 Å². The van der Waals surface area contributed by atoms with Gasteiger partial charge in [-0.25, -0.2) is 0 Å². The van der Waals surface area contributed by atoms with Crippen molar-refractivity contribution in [2.45, 2.75) is 24.9 Å². The number of ether oxygens (including phenoxy) is 1. The molecule has 0 aliphatic rings. The minimum absolute atomic E-state index is 0.0803. The normalized spacial score (nSPS) is 16.9. The Labute approximate surface area is 76.9 Å². The predicted octanol–water partition coefficient (Wildman–Crippen LogP) is -1.02. The minimum Gasteiger partial charge on any atom is -0.394 e. The zero-order valence-corrected chi connectivity index (χ0v) is 8.07. The number of rotatable bonds is 6. The third kappa shape index (κ3) is 5.17. The van der Waals surface area contributed by atoms with Gasteiger partial charge < -0.3 is 14.9 Å². The summed E-state index contributed by atoms with van der Waals surface area (Å²) in [5.41, 5.74) is -1.34. The predicted molar refractivity (Wildman–Crippen MR) is 44.7 cm³/mol. The molecule has 0 radical (unpaired) electrons. The van der Waals surface area contributed by atoms with Crippen molar-refractivity contribution in [3.63, 3.8) is 0 Å². The largest absolute Gasteiger partial charge is 0.394 e. The number of aliphatic hydroxyl groups is 2. The molecule has 0 rings (SSSR count). The van der Waals surface area contributed by atoms with Crippen molar-refractivity contribution in [1.82, 2.24) is 0 Å². The van der Waals surface area contributed by atoms with Crippen molar-refractivity contribution >= 4 is 10.1 Å². The molecule has 0 aromatic heterocycles. The monoisotopic (exact) mass is 214 g/mol. The van der Waals surface area contributed by atoms with Gasteiger partial charge in [0.05, 0.1) is 13.2 Å². The van der Waals surface area contributed by atoms with Crippen LogP contribution in [-0.2, 0) is 14.9 Å². The van der Waals surface area contributed by atoms with Crippen LogP contribution < -0.4 is 0 Å². The van der Waals surface area contributed by atoms with E-state index in [4.69, 9.17) is 14.8 Å². The quantitative estimate of drug-likeness (QED) is 0.489. The summed E-state index contributed by atoms with van der Waals surface area (Å²) in [6.07, 6.45) is -1.05. The third-order valence-corrected chi connectivity index (χ3v) is 2.48. The highest BCUT2D eigenvalue weighted by molar-refractivity contribution is 7.86. The molecule has 0 saturated carbocycles. The minimum atomic E-state index is -4.23. The van der Waals surface area contributed by atoms with Gasteiger partial charge in [-0.3, -0.25) is 4.55 Å². The fraction of sp³-hybridized carbons (Fsp3) is 1.00. The average Bonchev–Trinajstić information content (AvgIpc) is 2.02. The van der Waals surface area contributed by atoms with E-state index in [0.29, 0.717) is 0 Å². The first-order valence-electron chi connectivity index (χ1n) is 3.78. The van der Waals surface area contributed by atoms with Crippen LogP contribution in [0.4, 0.5) is 0 Å². The molecule has 0 aliphatic heterocycles. The summed E-state index contributed by atoms with van der Waals surface area (Å²) in [4.78, 5) is 0. The second kappa shape index (κ2) is 5.51. The Morgan fingerprint density at radius 3 is 2.31 bits per heavy atom. The van der Waals surface area contributed by atoms with E-state index in [1.165, 1.54) is 6.92 Å². The van der Waals surface area contributed by atoms with Crippen molar-refractivity contribution in [2.24, 2.45) is 0 Å². The molecular weight excluding hydrogens is 200 g/mol. The van der Waals surface area contributed by atoms with Crippen molar-refractivity contribution in [2.75, 3.05) is 13.2 Å². The first kappa shape index (κ1) is 12.8. The van der Waals surface area contributed by atoms with Gasteiger partial charge in [-0.2, -0.15) is 8.42 Å². The van der Waals surface area contributed by atoms with Crippen LogP contribution in [0.1, 0.15) is 13.3 Å². The molecular formula is C6H14O6S. The molecule has 2 atom stereocenters. The lowest BCUT2D eigenvalue weighted by Gasteiger charge is -2.14. The van der Waals surface area contributed by atoms with E-state index in [0.717, 1.165) is 0 Å². The smallest absolute Gasteiger partial charge is 0.292 e. The Kier molecular flexibility index (Phi) is 5.42. The fourth-order valence-electron chi connectivity index (χ4n) is 0.686. The molecule has 0 bridgehead atoms. The molecule has 2 unspecified atom stereocenters. The van der Waals surface area contributed by atoms with Crippen LogP contribution in [-0.4, -0.2) is 47.9 Å². The topological polar surface area (TPSA) is 104 Å². The van der Waals surface area contributed by atoms with Gasteiger partial charge >= 0.3 is 0 Å². The van der Waals surface area contributed by atoms with Crippen LogP contribution in [0.2, 0.25) is 0 Å². The lowest BCUT2D eigenvalue weighted by Crippen LogP contribution is -2.29. The Bertz CT molecular complexity index is 223. The summed E-state index contributed by atoms with van der Waals surface area (Å²) in [7, 11) is -4.23. The molecule has 0 fully saturated rings. The van der Waals surface area contributed by atoms with Gasteiger partial charge in [0.1, 0.15) is 6.10 Å². The Hall–Kier alpha value is -0.210. The summed E-state index contributed by atoms with van der Waals surface area (Å²) in [6, 6.07) is 0. The summed E-state index contributed by atoms with van der Waals surface area (Å²) >= 11 is 0. The van der Waals surface area contributed by atoms with Gasteiger partial charge in [-0.1, -0.05) is 6.92 Å². The van der Waals surface area contributed by atoms with Crippen molar-refractivity contribution in [1.29, 1.82) is 0 Å². The van der Waals surface area contributed by atoms with Crippen LogP contribution in [0.25, 0.3) is 0 Å². The molecule has 6 nitrogen and oxygen atoms in total. The van der Waals surface area contributed by atoms with E-state index in [1.54, 1.807) is 0 Å². The number of hydrogen-bond acceptors (Lipinski definition) is 5. The summed E-state index contributed by atoms with van der Waals surface area (Å²) in [5, 5.41) is 17.2. The van der Waals surface area contributed by atoms with E-state index < -0.39 is 28.3 Å². The standard InChI is InChI=1S/C6H14O6S/c1-2-6(13(9,10)11)12-4-5(8)3-7/h5-8H,2-4H2,1H3,(H,9,10,11). The Morgan fingerprint density at radius 2 is 2.00 bits per heavy atom. The van der Waals surface area contributed by atoms with Gasteiger partial charge in [0.2, 0.25) is 0 Å². The SMILES string of the molecule is CCC(OCC(O)CO)S(=O)(=O)O. The maximum Gasteiger partial charge on any atom is 0.292 e. The van der Waals surface area contributed by atoms with Crippen LogP contribution in [0.15, 0.2) is 0 Å². The zero-order chi connectivity index (χ0) is 10.5. The van der Waals surface area contributed by atoms with Crippen molar-refractivity contribution in [3.8, 4) is 0 Å². The highest BCUT2D eigenvalue weighted by Crippen LogP contribution is 2.05. The summed E-state index contributed by atoms with van der Waals surface area (Å²) in [5.74, 6) is 0. The van der Waals surface area contributed by atoms with Gasteiger partial charge in [0.25, 0.3) is 10.1 Å². The Balaban J connectivity index is 4.01. The number of aliphatic hydroxyl groups excluding tert-OH is 2. The van der Waals surface area contributed by atoms with Gasteiger partial charge in [-0.05, 0) is 6.42 Å². The molecule has 0 heterocycles. The third-order valence-electron chi connectivity index (χ3n) is 1.35. The van der Waals surface area contributed by atoms with E-state index >= 15 is 0 Å². The highest BCUT2D eigenvalue weighted by Gasteiger charge is 2.22. The number of hydrogen-bond donors (Lipinski definition) is 3. The first-order chi connectivity index (χ1) is 5.91. The van der Waals surface area contributed by atoms with E-state index in [1.807, 2.05) is 0 Å². The molecule has 0 aromatic rings. The Morgan fingerprint density at radius 1 is 1.46 bits per heavy atom. The molecule has 0 aliphatic carbocycles. The molecule has 80 valence electrons. The molecule has 7 heteroatoms. The fourth-order valence-corrected chi connectivity index (χ4v) is 1.36. The molecule has 13 heavy (non-hydrogen) atoms. The van der Waals surface area contributed by atoms with Crippen LogP contribution in [0.3, 0.4) is 0 Å². The lowest BCUT2D eigenvalue weighted by molar-refractivity contribution is -0.00740. The average molecular weight is 214 g/mol. The van der Waals surface area contributed by atoms with Crippen molar-refractivity contribution in [3.05, 3.63) is 0 Å². The second-order valence-corrected chi connectivity index (χ2v) is 4.08. The maximum absolute atomic E-state index is 10.5. The van der Waals surface area contributed by atoms with Crippen LogP contribution >= 0.6 is 0 Å². The highest BCUT2D eigenvalue weighted by atomic mass is 32.2. The van der Waals surface area contributed by atoms with E-state index in [2.05, 4.69) is 4.74 Å².